The van der Waals surface area contributed by atoms with E-state index in [-0.39, 0.29) is 24.7 Å². The van der Waals surface area contributed by atoms with Crippen molar-refractivity contribution in [3.63, 3.8) is 0 Å². The van der Waals surface area contributed by atoms with E-state index in [0.717, 1.165) is 11.1 Å². The molecule has 0 fully saturated rings. The van der Waals surface area contributed by atoms with Gasteiger partial charge in [-0.15, -0.1) is 0 Å². The fourth-order valence-corrected chi connectivity index (χ4v) is 2.29. The van der Waals surface area contributed by atoms with Gasteiger partial charge in [0.15, 0.2) is 0 Å². The molecule has 0 saturated heterocycles. The average molecular weight is 277 g/mol. The van der Waals surface area contributed by atoms with Crippen LogP contribution in [-0.2, 0) is 20.8 Å². The highest BCUT2D eigenvalue weighted by Gasteiger charge is 2.33. The van der Waals surface area contributed by atoms with E-state index < -0.39 is 18.0 Å². The van der Waals surface area contributed by atoms with Gasteiger partial charge in [-0.3, -0.25) is 9.59 Å². The van der Waals surface area contributed by atoms with Crippen LogP contribution in [0.4, 0.5) is 0 Å². The van der Waals surface area contributed by atoms with E-state index in [4.69, 9.17) is 10.2 Å². The van der Waals surface area contributed by atoms with E-state index >= 15 is 0 Å². The minimum absolute atomic E-state index is 0.120. The second-order valence-corrected chi connectivity index (χ2v) is 4.79. The van der Waals surface area contributed by atoms with Gasteiger partial charge in [-0.25, -0.2) is 4.79 Å². The number of carboxylic acid groups (broad SMARTS) is 2. The van der Waals surface area contributed by atoms with Crippen LogP contribution in [0.3, 0.4) is 0 Å². The standard InChI is InChI=1S/C14H15NO5/c16-12(17)6-5-11(14(19)20)15-13(18)10-7-8-3-1-2-4-9(8)10/h1-4,10-11H,5-7H2,(H,15,18)(H,16,17)(H,19,20)/t10?,11-/m0/s1. The van der Waals surface area contributed by atoms with Crippen molar-refractivity contribution >= 4 is 17.8 Å². The van der Waals surface area contributed by atoms with E-state index in [1.165, 1.54) is 0 Å². The van der Waals surface area contributed by atoms with Crippen LogP contribution in [0.2, 0.25) is 0 Å². The van der Waals surface area contributed by atoms with Gasteiger partial charge in [0, 0.05) is 6.42 Å². The quantitative estimate of drug-likeness (QED) is 0.712. The van der Waals surface area contributed by atoms with E-state index in [1.807, 2.05) is 24.3 Å². The highest BCUT2D eigenvalue weighted by Crippen LogP contribution is 2.34. The predicted octanol–water partition coefficient (Wildman–Crippen LogP) is 0.760. The molecule has 6 nitrogen and oxygen atoms in total. The van der Waals surface area contributed by atoms with E-state index in [0.29, 0.717) is 6.42 Å². The Morgan fingerprint density at radius 3 is 2.55 bits per heavy atom. The minimum Gasteiger partial charge on any atom is -0.481 e. The number of carbonyl (C=O) groups is 3. The van der Waals surface area contributed by atoms with E-state index in [2.05, 4.69) is 5.32 Å². The second-order valence-electron chi connectivity index (χ2n) is 4.79. The van der Waals surface area contributed by atoms with Crippen LogP contribution in [0.25, 0.3) is 0 Å². The minimum atomic E-state index is -1.22. The number of carboxylic acids is 2. The Balaban J connectivity index is 1.96. The van der Waals surface area contributed by atoms with Crippen molar-refractivity contribution in [1.82, 2.24) is 5.32 Å². The molecule has 3 N–H and O–H groups in total. The third-order valence-corrected chi connectivity index (χ3v) is 3.43. The van der Waals surface area contributed by atoms with Crippen LogP contribution >= 0.6 is 0 Å². The van der Waals surface area contributed by atoms with Gasteiger partial charge in [-0.2, -0.15) is 0 Å². The van der Waals surface area contributed by atoms with Crippen molar-refractivity contribution in [2.45, 2.75) is 31.2 Å². The summed E-state index contributed by atoms with van der Waals surface area (Å²) in [5.74, 6) is -2.99. The lowest BCUT2D eigenvalue weighted by Crippen LogP contribution is -2.45. The summed E-state index contributed by atoms with van der Waals surface area (Å²) in [6, 6.07) is 6.33. The molecule has 0 aliphatic heterocycles. The number of nitrogens with one attached hydrogen (secondary N) is 1. The number of carbonyl (C=O) groups excluding carboxylic acids is 1. The van der Waals surface area contributed by atoms with Crippen LogP contribution in [0.5, 0.6) is 0 Å². The Labute approximate surface area is 115 Å². The molecule has 0 bridgehead atoms. The molecule has 1 amide bonds. The number of benzene rings is 1. The zero-order valence-electron chi connectivity index (χ0n) is 10.7. The summed E-state index contributed by atoms with van der Waals surface area (Å²) in [5, 5.41) is 20.0. The van der Waals surface area contributed by atoms with Crippen LogP contribution in [0, 0.1) is 0 Å². The molecule has 20 heavy (non-hydrogen) atoms. The van der Waals surface area contributed by atoms with Gasteiger partial charge in [0.1, 0.15) is 6.04 Å². The van der Waals surface area contributed by atoms with E-state index in [9.17, 15) is 14.4 Å². The maximum absolute atomic E-state index is 12.0. The molecule has 1 aliphatic carbocycles. The normalized spacial score (nSPS) is 17.5. The summed E-state index contributed by atoms with van der Waals surface area (Å²) in [6.07, 6.45) is 0.177. The molecule has 1 aromatic rings. The Kier molecular flexibility index (Phi) is 4.02. The number of aliphatic carboxylic acids is 2. The summed E-state index contributed by atoms with van der Waals surface area (Å²) in [6.45, 7) is 0. The first kappa shape index (κ1) is 14.0. The van der Waals surface area contributed by atoms with Crippen molar-refractivity contribution in [3.8, 4) is 0 Å². The number of amides is 1. The van der Waals surface area contributed by atoms with Crippen molar-refractivity contribution in [2.24, 2.45) is 0 Å². The zero-order valence-corrected chi connectivity index (χ0v) is 10.7. The number of fused-ring (bicyclic) bond motifs is 1. The molecule has 0 radical (unpaired) electrons. The summed E-state index contributed by atoms with van der Waals surface area (Å²) in [5.41, 5.74) is 2.00. The molecular formula is C14H15NO5. The third-order valence-electron chi connectivity index (χ3n) is 3.43. The molecule has 106 valence electrons. The van der Waals surface area contributed by atoms with Crippen LogP contribution in [0.15, 0.2) is 24.3 Å². The van der Waals surface area contributed by atoms with Crippen molar-refractivity contribution in [3.05, 3.63) is 35.4 Å². The first-order valence-corrected chi connectivity index (χ1v) is 6.32. The fraction of sp³-hybridized carbons (Fsp3) is 0.357. The molecule has 0 aromatic heterocycles. The lowest BCUT2D eigenvalue weighted by molar-refractivity contribution is -0.143. The first-order chi connectivity index (χ1) is 9.49. The largest absolute Gasteiger partial charge is 0.481 e. The molecule has 2 atom stereocenters. The van der Waals surface area contributed by atoms with E-state index in [1.54, 1.807) is 0 Å². The van der Waals surface area contributed by atoms with Gasteiger partial charge in [0.25, 0.3) is 0 Å². The Bertz CT molecular complexity index is 554. The summed E-state index contributed by atoms with van der Waals surface area (Å²) in [4.78, 5) is 33.5. The highest BCUT2D eigenvalue weighted by molar-refractivity contribution is 5.90. The van der Waals surface area contributed by atoms with Crippen LogP contribution in [-0.4, -0.2) is 34.1 Å². The zero-order chi connectivity index (χ0) is 14.7. The second kappa shape index (κ2) is 5.73. The lowest BCUT2D eigenvalue weighted by atomic mass is 9.77. The van der Waals surface area contributed by atoms with Crippen molar-refractivity contribution in [1.29, 1.82) is 0 Å². The average Bonchev–Trinajstić information content (AvgIpc) is 2.35. The monoisotopic (exact) mass is 277 g/mol. The van der Waals surface area contributed by atoms with Crippen molar-refractivity contribution < 1.29 is 24.6 Å². The molecule has 0 saturated carbocycles. The summed E-state index contributed by atoms with van der Waals surface area (Å²) < 4.78 is 0. The maximum atomic E-state index is 12.0. The topological polar surface area (TPSA) is 104 Å². The van der Waals surface area contributed by atoms with Gasteiger partial charge in [0.2, 0.25) is 5.91 Å². The van der Waals surface area contributed by atoms with Gasteiger partial charge >= 0.3 is 11.9 Å². The Morgan fingerprint density at radius 2 is 1.95 bits per heavy atom. The predicted molar refractivity (Wildman–Crippen MR) is 69.3 cm³/mol. The van der Waals surface area contributed by atoms with Crippen LogP contribution in [0.1, 0.15) is 29.9 Å². The van der Waals surface area contributed by atoms with Gasteiger partial charge < -0.3 is 15.5 Å². The maximum Gasteiger partial charge on any atom is 0.326 e. The fourth-order valence-electron chi connectivity index (χ4n) is 2.29. The Hall–Kier alpha value is -2.37. The summed E-state index contributed by atoms with van der Waals surface area (Å²) >= 11 is 0. The van der Waals surface area contributed by atoms with Gasteiger partial charge in [0.05, 0.1) is 5.92 Å². The number of hydrogen-bond donors (Lipinski definition) is 3. The third kappa shape index (κ3) is 2.96. The molecule has 0 heterocycles. The van der Waals surface area contributed by atoms with Gasteiger partial charge in [-0.1, -0.05) is 24.3 Å². The molecular weight excluding hydrogens is 262 g/mol. The molecule has 6 heteroatoms. The highest BCUT2D eigenvalue weighted by atomic mass is 16.4. The number of hydrogen-bond acceptors (Lipinski definition) is 3. The smallest absolute Gasteiger partial charge is 0.326 e. The molecule has 1 aromatic carbocycles. The lowest BCUT2D eigenvalue weighted by Gasteiger charge is -2.29. The number of rotatable bonds is 6. The van der Waals surface area contributed by atoms with Crippen molar-refractivity contribution in [2.75, 3.05) is 0 Å². The first-order valence-electron chi connectivity index (χ1n) is 6.32. The molecule has 1 aliphatic rings. The van der Waals surface area contributed by atoms with Gasteiger partial charge in [-0.05, 0) is 24.0 Å². The van der Waals surface area contributed by atoms with Crippen LogP contribution < -0.4 is 5.32 Å². The SMILES string of the molecule is O=C(O)CC[C@H](NC(=O)C1Cc2ccccc21)C(=O)O. The summed E-state index contributed by atoms with van der Waals surface area (Å²) in [7, 11) is 0. The molecule has 1 unspecified atom stereocenters. The molecule has 0 spiro atoms. The Morgan fingerprint density at radius 1 is 1.25 bits per heavy atom. The molecule has 2 rings (SSSR count).